The van der Waals surface area contributed by atoms with Gasteiger partial charge in [-0.15, -0.1) is 0 Å². The normalized spacial score (nSPS) is 10.3. The maximum absolute atomic E-state index is 4.41. The summed E-state index contributed by atoms with van der Waals surface area (Å²) in [7, 11) is 1.85. The van der Waals surface area contributed by atoms with E-state index in [0.29, 0.717) is 5.16 Å². The van der Waals surface area contributed by atoms with Crippen LogP contribution in [0.5, 0.6) is 0 Å². The lowest BCUT2D eigenvalue weighted by Gasteiger charge is -2.09. The summed E-state index contributed by atoms with van der Waals surface area (Å²) in [6.07, 6.45) is 3.44. The van der Waals surface area contributed by atoms with Gasteiger partial charge in [-0.3, -0.25) is 0 Å². The highest BCUT2D eigenvalue weighted by atomic mass is 32.2. The zero-order valence-electron chi connectivity index (χ0n) is 9.93. The smallest absolute Gasteiger partial charge is 0.193 e. The lowest BCUT2D eigenvalue weighted by Crippen LogP contribution is -2.02. The highest BCUT2D eigenvalue weighted by molar-refractivity contribution is 7.99. The number of hydrogen-bond donors (Lipinski definition) is 1. The maximum Gasteiger partial charge on any atom is 0.193 e. The third-order valence-electron chi connectivity index (χ3n) is 2.18. The molecule has 0 bridgehead atoms. The van der Waals surface area contributed by atoms with Crippen LogP contribution in [-0.2, 0) is 0 Å². The molecule has 88 valence electrons. The summed E-state index contributed by atoms with van der Waals surface area (Å²) >= 11 is 1.44. The Morgan fingerprint density at radius 3 is 2.47 bits per heavy atom. The lowest BCUT2D eigenvalue weighted by atomic mass is 10.3. The first-order chi connectivity index (χ1) is 8.20. The van der Waals surface area contributed by atoms with E-state index in [9.17, 15) is 0 Å². The standard InChI is InChI=1S/C11H13N5S/c1-7-9(12-3)15-8(2)16-10(7)17-11-13-5-4-6-14-11/h4-6H,1-3H3,(H,12,15,16). The zero-order valence-corrected chi connectivity index (χ0v) is 10.7. The molecule has 0 aliphatic heterocycles. The van der Waals surface area contributed by atoms with Crippen molar-refractivity contribution >= 4 is 17.6 Å². The van der Waals surface area contributed by atoms with E-state index in [-0.39, 0.29) is 0 Å². The second kappa shape index (κ2) is 5.09. The minimum atomic E-state index is 0.691. The van der Waals surface area contributed by atoms with Gasteiger partial charge < -0.3 is 5.32 Å². The van der Waals surface area contributed by atoms with Crippen LogP contribution in [0.3, 0.4) is 0 Å². The predicted octanol–water partition coefficient (Wildman–Crippen LogP) is 2.08. The molecule has 0 atom stereocenters. The molecule has 0 aromatic carbocycles. The van der Waals surface area contributed by atoms with Crippen LogP contribution in [0.1, 0.15) is 11.4 Å². The summed E-state index contributed by atoms with van der Waals surface area (Å²) in [6, 6.07) is 1.79. The third-order valence-corrected chi connectivity index (χ3v) is 3.16. The summed E-state index contributed by atoms with van der Waals surface area (Å²) in [5.41, 5.74) is 1.01. The van der Waals surface area contributed by atoms with Gasteiger partial charge in [0.25, 0.3) is 0 Å². The molecule has 0 fully saturated rings. The average Bonchev–Trinajstić information content (AvgIpc) is 2.34. The highest BCUT2D eigenvalue weighted by Gasteiger charge is 2.10. The summed E-state index contributed by atoms with van der Waals surface area (Å²) in [5.74, 6) is 1.58. The number of aryl methyl sites for hydroxylation is 1. The Balaban J connectivity index is 2.36. The van der Waals surface area contributed by atoms with Crippen LogP contribution >= 0.6 is 11.8 Å². The fourth-order valence-corrected chi connectivity index (χ4v) is 2.20. The van der Waals surface area contributed by atoms with Gasteiger partial charge >= 0.3 is 0 Å². The molecule has 0 saturated carbocycles. The van der Waals surface area contributed by atoms with Crippen LogP contribution < -0.4 is 5.32 Å². The lowest BCUT2D eigenvalue weighted by molar-refractivity contribution is 0.920. The molecule has 2 rings (SSSR count). The van der Waals surface area contributed by atoms with Crippen molar-refractivity contribution < 1.29 is 0 Å². The molecule has 0 amide bonds. The number of nitrogens with one attached hydrogen (secondary N) is 1. The third kappa shape index (κ3) is 2.71. The molecule has 2 heterocycles. The largest absolute Gasteiger partial charge is 0.373 e. The van der Waals surface area contributed by atoms with Crippen molar-refractivity contribution in [3.05, 3.63) is 29.8 Å². The average molecular weight is 247 g/mol. The van der Waals surface area contributed by atoms with Crippen molar-refractivity contribution in [2.75, 3.05) is 12.4 Å². The Bertz CT molecular complexity index is 515. The van der Waals surface area contributed by atoms with Crippen molar-refractivity contribution in [2.24, 2.45) is 0 Å². The molecule has 5 nitrogen and oxygen atoms in total. The van der Waals surface area contributed by atoms with E-state index >= 15 is 0 Å². The van der Waals surface area contributed by atoms with Gasteiger partial charge in [-0.2, -0.15) is 0 Å². The minimum Gasteiger partial charge on any atom is -0.373 e. The van der Waals surface area contributed by atoms with Crippen LogP contribution in [0, 0.1) is 13.8 Å². The molecule has 0 saturated heterocycles. The molecule has 6 heteroatoms. The molecule has 0 spiro atoms. The van der Waals surface area contributed by atoms with Gasteiger partial charge in [-0.1, -0.05) is 0 Å². The Labute approximate surface area is 104 Å². The Hall–Kier alpha value is -1.69. The van der Waals surface area contributed by atoms with E-state index in [1.54, 1.807) is 18.5 Å². The van der Waals surface area contributed by atoms with Crippen LogP contribution in [0.25, 0.3) is 0 Å². The first-order valence-electron chi connectivity index (χ1n) is 5.18. The quantitative estimate of drug-likeness (QED) is 0.661. The van der Waals surface area contributed by atoms with E-state index in [4.69, 9.17) is 0 Å². The fraction of sp³-hybridized carbons (Fsp3) is 0.273. The number of anilines is 1. The van der Waals surface area contributed by atoms with Crippen molar-refractivity contribution in [1.29, 1.82) is 0 Å². The number of aromatic nitrogens is 4. The van der Waals surface area contributed by atoms with Gasteiger partial charge in [0.05, 0.1) is 0 Å². The number of rotatable bonds is 3. The van der Waals surface area contributed by atoms with Gasteiger partial charge in [-0.25, -0.2) is 19.9 Å². The Morgan fingerprint density at radius 2 is 1.82 bits per heavy atom. The van der Waals surface area contributed by atoms with Gasteiger partial charge in [0, 0.05) is 25.0 Å². The van der Waals surface area contributed by atoms with Gasteiger partial charge in [0.15, 0.2) is 5.16 Å². The van der Waals surface area contributed by atoms with E-state index in [1.165, 1.54) is 11.8 Å². The van der Waals surface area contributed by atoms with E-state index < -0.39 is 0 Å². The summed E-state index contributed by atoms with van der Waals surface area (Å²) in [6.45, 7) is 3.85. The molecule has 0 radical (unpaired) electrons. The van der Waals surface area contributed by atoms with Crippen LogP contribution in [0.4, 0.5) is 5.82 Å². The van der Waals surface area contributed by atoms with Crippen molar-refractivity contribution in [2.45, 2.75) is 24.0 Å². The van der Waals surface area contributed by atoms with E-state index in [1.807, 2.05) is 20.9 Å². The summed E-state index contributed by atoms with van der Waals surface area (Å²) in [5, 5.41) is 4.63. The molecule has 2 aromatic heterocycles. The predicted molar refractivity (Wildman–Crippen MR) is 67.2 cm³/mol. The van der Waals surface area contributed by atoms with Crippen molar-refractivity contribution in [3.8, 4) is 0 Å². The van der Waals surface area contributed by atoms with Crippen molar-refractivity contribution in [3.63, 3.8) is 0 Å². The second-order valence-electron chi connectivity index (χ2n) is 3.43. The maximum atomic E-state index is 4.41. The molecule has 2 aromatic rings. The highest BCUT2D eigenvalue weighted by Crippen LogP contribution is 2.28. The Kier molecular flexibility index (Phi) is 3.53. The SMILES string of the molecule is CNc1nc(C)nc(Sc2ncccn2)c1C. The van der Waals surface area contributed by atoms with Crippen LogP contribution in [-0.4, -0.2) is 27.0 Å². The van der Waals surface area contributed by atoms with Gasteiger partial charge in [0.1, 0.15) is 16.7 Å². The summed E-state index contributed by atoms with van der Waals surface area (Å²) in [4.78, 5) is 17.1. The van der Waals surface area contributed by atoms with Gasteiger partial charge in [0.2, 0.25) is 0 Å². The molecule has 17 heavy (non-hydrogen) atoms. The molecular weight excluding hydrogens is 234 g/mol. The summed E-state index contributed by atoms with van der Waals surface area (Å²) < 4.78 is 0. The fourth-order valence-electron chi connectivity index (χ4n) is 1.37. The number of hydrogen-bond acceptors (Lipinski definition) is 6. The van der Waals surface area contributed by atoms with Crippen LogP contribution in [0.2, 0.25) is 0 Å². The second-order valence-corrected chi connectivity index (χ2v) is 4.39. The van der Waals surface area contributed by atoms with Gasteiger partial charge in [-0.05, 0) is 31.7 Å². The molecular formula is C11H13N5S. The molecule has 0 aliphatic rings. The monoisotopic (exact) mass is 247 g/mol. The number of nitrogens with zero attached hydrogens (tertiary/aromatic N) is 4. The first kappa shape index (κ1) is 11.8. The topological polar surface area (TPSA) is 63.6 Å². The van der Waals surface area contributed by atoms with E-state index in [0.717, 1.165) is 22.2 Å². The first-order valence-corrected chi connectivity index (χ1v) is 6.00. The Morgan fingerprint density at radius 1 is 1.12 bits per heavy atom. The van der Waals surface area contributed by atoms with E-state index in [2.05, 4.69) is 25.3 Å². The zero-order chi connectivity index (χ0) is 12.3. The molecule has 1 N–H and O–H groups in total. The molecule has 0 aliphatic carbocycles. The minimum absolute atomic E-state index is 0.691. The molecule has 0 unspecified atom stereocenters. The van der Waals surface area contributed by atoms with Crippen molar-refractivity contribution in [1.82, 2.24) is 19.9 Å². The van der Waals surface area contributed by atoms with Crippen LogP contribution in [0.15, 0.2) is 28.6 Å².